The van der Waals surface area contributed by atoms with Crippen LogP contribution in [0.1, 0.15) is 45.1 Å². The average molecular weight is 459 g/mol. The van der Waals surface area contributed by atoms with Crippen molar-refractivity contribution in [2.45, 2.75) is 52.0 Å². The molecule has 34 heavy (non-hydrogen) atoms. The molecule has 0 amide bonds. The van der Waals surface area contributed by atoms with Gasteiger partial charge in [0.05, 0.1) is 0 Å². The number of anilines is 2. The number of carboxylic acids is 1. The standard InChI is InChI=1S/C27H30N4O3/c1-3-18(4-2)25-22(9-10-24(25)32)31-23(27(33)34)15-17-5-7-20(8-6-17)30-26-21-12-13-28-16-19(21)11-14-29-26/h5-8,11-14,16,18,23,31H,3-4,9-10,15H2,1-2H3,(H,29,30)(H,33,34)/t23-/m0/s1. The van der Waals surface area contributed by atoms with Gasteiger partial charge in [0.1, 0.15) is 11.9 Å². The van der Waals surface area contributed by atoms with Gasteiger partial charge in [-0.05, 0) is 55.0 Å². The highest BCUT2D eigenvalue weighted by atomic mass is 16.4. The molecule has 1 aliphatic rings. The Bertz CT molecular complexity index is 1210. The van der Waals surface area contributed by atoms with E-state index in [1.165, 1.54) is 0 Å². The van der Waals surface area contributed by atoms with E-state index in [9.17, 15) is 14.7 Å². The van der Waals surface area contributed by atoms with Crippen LogP contribution in [-0.2, 0) is 16.0 Å². The van der Waals surface area contributed by atoms with Gasteiger partial charge in [-0.25, -0.2) is 9.78 Å². The number of carbonyl (C=O) groups is 2. The first-order valence-electron chi connectivity index (χ1n) is 11.8. The number of fused-ring (bicyclic) bond motifs is 1. The van der Waals surface area contributed by atoms with Crippen molar-refractivity contribution >= 4 is 34.0 Å². The van der Waals surface area contributed by atoms with Crippen molar-refractivity contribution in [1.29, 1.82) is 0 Å². The maximum absolute atomic E-state index is 12.5. The van der Waals surface area contributed by atoms with E-state index in [0.29, 0.717) is 19.3 Å². The lowest BCUT2D eigenvalue weighted by Gasteiger charge is -2.21. The van der Waals surface area contributed by atoms with E-state index in [0.717, 1.165) is 52.0 Å². The molecule has 0 saturated carbocycles. The molecule has 1 aromatic carbocycles. The minimum absolute atomic E-state index is 0.147. The van der Waals surface area contributed by atoms with Crippen LogP contribution in [0.25, 0.3) is 10.8 Å². The van der Waals surface area contributed by atoms with Crippen LogP contribution in [0, 0.1) is 5.92 Å². The molecule has 0 radical (unpaired) electrons. The number of hydrogen-bond acceptors (Lipinski definition) is 6. The number of pyridine rings is 2. The van der Waals surface area contributed by atoms with Gasteiger partial charge in [0.2, 0.25) is 0 Å². The van der Waals surface area contributed by atoms with Crippen molar-refractivity contribution in [3.05, 3.63) is 71.8 Å². The van der Waals surface area contributed by atoms with Crippen molar-refractivity contribution in [2.24, 2.45) is 5.92 Å². The molecule has 0 bridgehead atoms. The lowest BCUT2D eigenvalue weighted by Crippen LogP contribution is -2.38. The highest BCUT2D eigenvalue weighted by Crippen LogP contribution is 2.31. The predicted octanol–water partition coefficient (Wildman–Crippen LogP) is 5.01. The normalized spacial score (nSPS) is 14.6. The number of aromatic nitrogens is 2. The summed E-state index contributed by atoms with van der Waals surface area (Å²) in [6.07, 6.45) is 8.38. The molecular weight excluding hydrogens is 428 g/mol. The lowest BCUT2D eigenvalue weighted by molar-refractivity contribution is -0.139. The van der Waals surface area contributed by atoms with Crippen molar-refractivity contribution in [1.82, 2.24) is 15.3 Å². The van der Waals surface area contributed by atoms with Crippen molar-refractivity contribution in [3.8, 4) is 0 Å². The van der Waals surface area contributed by atoms with Gasteiger partial charge in [-0.2, -0.15) is 0 Å². The molecule has 0 saturated heterocycles. The molecular formula is C27H30N4O3. The van der Waals surface area contributed by atoms with E-state index in [1.54, 1.807) is 18.6 Å². The number of carbonyl (C=O) groups excluding carboxylic acids is 1. The van der Waals surface area contributed by atoms with Crippen molar-refractivity contribution in [3.63, 3.8) is 0 Å². The molecule has 1 atom stereocenters. The van der Waals surface area contributed by atoms with Gasteiger partial charge in [-0.15, -0.1) is 0 Å². The van der Waals surface area contributed by atoms with Crippen LogP contribution >= 0.6 is 0 Å². The SMILES string of the molecule is CCC(CC)C1=C(N[C@@H](Cc2ccc(Nc3nccc4cnccc34)cc2)C(=O)O)CCC1=O. The van der Waals surface area contributed by atoms with E-state index in [1.807, 2.05) is 36.4 Å². The lowest BCUT2D eigenvalue weighted by atomic mass is 9.91. The number of nitrogens with one attached hydrogen (secondary N) is 2. The van der Waals surface area contributed by atoms with Gasteiger partial charge in [0, 0.05) is 59.2 Å². The highest BCUT2D eigenvalue weighted by Gasteiger charge is 2.30. The summed E-state index contributed by atoms with van der Waals surface area (Å²) in [5.74, 6) is 0.139. The van der Waals surface area contributed by atoms with Crippen molar-refractivity contribution < 1.29 is 14.7 Å². The second-order valence-electron chi connectivity index (χ2n) is 8.65. The number of benzene rings is 1. The maximum Gasteiger partial charge on any atom is 0.326 e. The monoisotopic (exact) mass is 458 g/mol. The predicted molar refractivity (Wildman–Crippen MR) is 133 cm³/mol. The first-order valence-corrected chi connectivity index (χ1v) is 11.8. The second kappa shape index (κ2) is 10.5. The minimum Gasteiger partial charge on any atom is -0.480 e. The quantitative estimate of drug-likeness (QED) is 0.392. The van der Waals surface area contributed by atoms with Gasteiger partial charge >= 0.3 is 5.97 Å². The maximum atomic E-state index is 12.5. The molecule has 1 aliphatic carbocycles. The Morgan fingerprint density at radius 3 is 2.53 bits per heavy atom. The van der Waals surface area contributed by atoms with Crippen LogP contribution in [0.3, 0.4) is 0 Å². The highest BCUT2D eigenvalue weighted by molar-refractivity contribution is 5.99. The summed E-state index contributed by atoms with van der Waals surface area (Å²) >= 11 is 0. The fourth-order valence-corrected chi connectivity index (χ4v) is 4.62. The Balaban J connectivity index is 1.48. The molecule has 3 aromatic rings. The zero-order chi connectivity index (χ0) is 24.1. The van der Waals surface area contributed by atoms with E-state index in [2.05, 4.69) is 34.4 Å². The van der Waals surface area contributed by atoms with Gasteiger partial charge < -0.3 is 15.7 Å². The van der Waals surface area contributed by atoms with Crippen LogP contribution in [0.5, 0.6) is 0 Å². The van der Waals surface area contributed by atoms with Crippen LogP contribution in [-0.4, -0.2) is 32.9 Å². The van der Waals surface area contributed by atoms with E-state index in [-0.39, 0.29) is 11.7 Å². The number of ketones is 1. The van der Waals surface area contributed by atoms with Crippen LogP contribution in [0.15, 0.2) is 66.3 Å². The van der Waals surface area contributed by atoms with Gasteiger partial charge in [0.15, 0.2) is 5.78 Å². The number of Topliss-reactive ketones (excluding diaryl/α,β-unsaturated/α-hetero) is 1. The van der Waals surface area contributed by atoms with Crippen LogP contribution in [0.4, 0.5) is 11.5 Å². The number of carboxylic acid groups (broad SMARTS) is 1. The summed E-state index contributed by atoms with van der Waals surface area (Å²) in [7, 11) is 0. The van der Waals surface area contributed by atoms with E-state index < -0.39 is 12.0 Å². The average Bonchev–Trinajstić information content (AvgIpc) is 3.21. The largest absolute Gasteiger partial charge is 0.480 e. The van der Waals surface area contributed by atoms with E-state index in [4.69, 9.17) is 0 Å². The fraction of sp³-hybridized carbons (Fsp3) is 0.333. The van der Waals surface area contributed by atoms with Gasteiger partial charge in [-0.3, -0.25) is 9.78 Å². The Kier molecular flexibility index (Phi) is 7.21. The van der Waals surface area contributed by atoms with Crippen molar-refractivity contribution in [2.75, 3.05) is 5.32 Å². The Morgan fingerprint density at radius 2 is 1.82 bits per heavy atom. The molecule has 7 heteroatoms. The smallest absolute Gasteiger partial charge is 0.326 e. The van der Waals surface area contributed by atoms with Gasteiger partial charge in [-0.1, -0.05) is 26.0 Å². The third kappa shape index (κ3) is 5.09. The summed E-state index contributed by atoms with van der Waals surface area (Å²) in [6, 6.07) is 10.7. The summed E-state index contributed by atoms with van der Waals surface area (Å²) < 4.78 is 0. The van der Waals surface area contributed by atoms with E-state index >= 15 is 0 Å². The molecule has 176 valence electrons. The molecule has 0 aliphatic heterocycles. The number of rotatable bonds is 10. The number of allylic oxidation sites excluding steroid dienone is 2. The molecule has 4 rings (SSSR count). The number of aliphatic carboxylic acids is 1. The molecule has 0 fully saturated rings. The summed E-state index contributed by atoms with van der Waals surface area (Å²) in [5.41, 5.74) is 3.37. The zero-order valence-corrected chi connectivity index (χ0v) is 19.5. The molecule has 0 spiro atoms. The van der Waals surface area contributed by atoms with Crippen LogP contribution < -0.4 is 10.6 Å². The Labute approximate surface area is 199 Å². The molecule has 7 nitrogen and oxygen atoms in total. The van der Waals surface area contributed by atoms with Gasteiger partial charge in [0.25, 0.3) is 0 Å². The first kappa shape index (κ1) is 23.4. The molecule has 3 N–H and O–H groups in total. The topological polar surface area (TPSA) is 104 Å². The van der Waals surface area contributed by atoms with Crippen LogP contribution in [0.2, 0.25) is 0 Å². The minimum atomic E-state index is -0.925. The Morgan fingerprint density at radius 1 is 1.06 bits per heavy atom. The second-order valence-corrected chi connectivity index (χ2v) is 8.65. The number of nitrogens with zero attached hydrogens (tertiary/aromatic N) is 2. The molecule has 2 heterocycles. The summed E-state index contributed by atoms with van der Waals surface area (Å²) in [5, 5.41) is 18.4. The summed E-state index contributed by atoms with van der Waals surface area (Å²) in [4.78, 5) is 33.1. The fourth-order valence-electron chi connectivity index (χ4n) is 4.62. The third-order valence-electron chi connectivity index (χ3n) is 6.49. The third-order valence-corrected chi connectivity index (χ3v) is 6.49. The first-order chi connectivity index (χ1) is 16.5. The zero-order valence-electron chi connectivity index (χ0n) is 19.5. The Hall–Kier alpha value is -3.74. The summed E-state index contributed by atoms with van der Waals surface area (Å²) in [6.45, 7) is 4.14. The molecule has 0 unspecified atom stereocenters. The number of hydrogen-bond donors (Lipinski definition) is 3. The molecule has 2 aromatic heterocycles.